The van der Waals surface area contributed by atoms with Crippen LogP contribution in [-0.4, -0.2) is 37.6 Å². The van der Waals surface area contributed by atoms with E-state index in [-0.39, 0.29) is 0 Å². The molecule has 0 aromatic heterocycles. The molecular weight excluding hydrogens is 232 g/mol. The molecule has 1 saturated heterocycles. The fraction of sp³-hybridized carbons (Fsp3) is 0.647. The molecule has 0 bridgehead atoms. The molecule has 2 unspecified atom stereocenters. The van der Waals surface area contributed by atoms with Crippen molar-refractivity contribution in [2.45, 2.75) is 38.6 Å². The molecule has 1 aromatic rings. The SMILES string of the molecule is CCC(Cc1ccccc1)N(C)CC1CCCNC1. The second-order valence-electron chi connectivity index (χ2n) is 5.90. The van der Waals surface area contributed by atoms with Crippen molar-refractivity contribution >= 4 is 0 Å². The Bertz CT molecular complexity index is 344. The Hall–Kier alpha value is -0.860. The van der Waals surface area contributed by atoms with Crippen LogP contribution in [0.4, 0.5) is 0 Å². The number of nitrogens with zero attached hydrogens (tertiary/aromatic N) is 1. The molecule has 2 atom stereocenters. The van der Waals surface area contributed by atoms with Gasteiger partial charge in [-0.15, -0.1) is 0 Å². The summed E-state index contributed by atoms with van der Waals surface area (Å²) in [5.41, 5.74) is 1.46. The highest BCUT2D eigenvalue weighted by molar-refractivity contribution is 5.15. The minimum atomic E-state index is 0.671. The smallest absolute Gasteiger partial charge is 0.0130 e. The minimum absolute atomic E-state index is 0.671. The van der Waals surface area contributed by atoms with Crippen LogP contribution < -0.4 is 5.32 Å². The molecule has 106 valence electrons. The summed E-state index contributed by atoms with van der Waals surface area (Å²) < 4.78 is 0. The molecular formula is C17H28N2. The first-order valence-corrected chi connectivity index (χ1v) is 7.74. The molecule has 0 aliphatic carbocycles. The maximum absolute atomic E-state index is 3.52. The van der Waals surface area contributed by atoms with Crippen molar-refractivity contribution in [2.24, 2.45) is 5.92 Å². The summed E-state index contributed by atoms with van der Waals surface area (Å²) in [7, 11) is 2.30. The second kappa shape index (κ2) is 7.66. The van der Waals surface area contributed by atoms with Crippen molar-refractivity contribution in [3.05, 3.63) is 35.9 Å². The van der Waals surface area contributed by atoms with Gasteiger partial charge < -0.3 is 10.2 Å². The average Bonchev–Trinajstić information content (AvgIpc) is 2.47. The highest BCUT2D eigenvalue weighted by Crippen LogP contribution is 2.16. The van der Waals surface area contributed by atoms with E-state index in [9.17, 15) is 0 Å². The van der Waals surface area contributed by atoms with Crippen LogP contribution in [-0.2, 0) is 6.42 Å². The number of hydrogen-bond donors (Lipinski definition) is 1. The van der Waals surface area contributed by atoms with Crippen molar-refractivity contribution in [3.63, 3.8) is 0 Å². The molecule has 2 heteroatoms. The molecule has 1 heterocycles. The Morgan fingerprint density at radius 3 is 2.74 bits per heavy atom. The van der Waals surface area contributed by atoms with Crippen LogP contribution in [0.15, 0.2) is 30.3 Å². The van der Waals surface area contributed by atoms with Crippen LogP contribution in [0.5, 0.6) is 0 Å². The van der Waals surface area contributed by atoms with Crippen molar-refractivity contribution in [3.8, 4) is 0 Å². The van der Waals surface area contributed by atoms with Gasteiger partial charge in [0, 0.05) is 12.6 Å². The van der Waals surface area contributed by atoms with E-state index in [2.05, 4.69) is 54.5 Å². The van der Waals surface area contributed by atoms with E-state index in [4.69, 9.17) is 0 Å². The Morgan fingerprint density at radius 2 is 2.11 bits per heavy atom. The van der Waals surface area contributed by atoms with Gasteiger partial charge in [-0.1, -0.05) is 37.3 Å². The number of rotatable bonds is 6. The Kier molecular flexibility index (Phi) is 5.87. The van der Waals surface area contributed by atoms with E-state index < -0.39 is 0 Å². The predicted octanol–water partition coefficient (Wildman–Crippen LogP) is 2.94. The van der Waals surface area contributed by atoms with E-state index in [0.29, 0.717) is 6.04 Å². The van der Waals surface area contributed by atoms with Crippen LogP contribution in [0.25, 0.3) is 0 Å². The maximum atomic E-state index is 3.52. The van der Waals surface area contributed by atoms with Crippen LogP contribution in [0.1, 0.15) is 31.7 Å². The Balaban J connectivity index is 1.85. The van der Waals surface area contributed by atoms with Gasteiger partial charge in [0.2, 0.25) is 0 Å². The number of hydrogen-bond acceptors (Lipinski definition) is 2. The summed E-state index contributed by atoms with van der Waals surface area (Å²) in [6.07, 6.45) is 5.13. The Morgan fingerprint density at radius 1 is 1.32 bits per heavy atom. The molecule has 1 aliphatic heterocycles. The Labute approximate surface area is 118 Å². The van der Waals surface area contributed by atoms with Gasteiger partial charge >= 0.3 is 0 Å². The quantitative estimate of drug-likeness (QED) is 0.846. The van der Waals surface area contributed by atoms with Gasteiger partial charge in [0.05, 0.1) is 0 Å². The standard InChI is InChI=1S/C17H28N2/c1-3-17(12-15-8-5-4-6-9-15)19(2)14-16-10-7-11-18-13-16/h4-6,8-9,16-18H,3,7,10-14H2,1-2H3. The predicted molar refractivity (Wildman–Crippen MR) is 82.4 cm³/mol. The van der Waals surface area contributed by atoms with Crippen molar-refractivity contribution < 1.29 is 0 Å². The zero-order valence-electron chi connectivity index (χ0n) is 12.4. The van der Waals surface area contributed by atoms with E-state index in [1.807, 2.05) is 0 Å². The summed E-state index contributed by atoms with van der Waals surface area (Å²) in [6.45, 7) is 5.95. The van der Waals surface area contributed by atoms with Crippen LogP contribution in [0, 0.1) is 5.92 Å². The van der Waals surface area contributed by atoms with Crippen molar-refractivity contribution in [2.75, 3.05) is 26.7 Å². The average molecular weight is 260 g/mol. The molecule has 19 heavy (non-hydrogen) atoms. The molecule has 0 spiro atoms. The first-order chi connectivity index (χ1) is 9.29. The lowest BCUT2D eigenvalue weighted by atomic mass is 9.97. The number of nitrogens with one attached hydrogen (secondary N) is 1. The molecule has 2 rings (SSSR count). The normalized spacial score (nSPS) is 21.5. The molecule has 0 radical (unpaired) electrons. The van der Waals surface area contributed by atoms with Crippen LogP contribution in [0.2, 0.25) is 0 Å². The summed E-state index contributed by atoms with van der Waals surface area (Å²) in [5, 5.41) is 3.52. The van der Waals surface area contributed by atoms with Gasteiger partial charge in [-0.3, -0.25) is 0 Å². The molecule has 0 saturated carbocycles. The third kappa shape index (κ3) is 4.63. The highest BCUT2D eigenvalue weighted by Gasteiger charge is 2.19. The second-order valence-corrected chi connectivity index (χ2v) is 5.90. The lowest BCUT2D eigenvalue weighted by Gasteiger charge is -2.32. The number of likely N-dealkylation sites (N-methyl/N-ethyl adjacent to an activating group) is 1. The third-order valence-electron chi connectivity index (χ3n) is 4.35. The summed E-state index contributed by atoms with van der Waals surface area (Å²) in [4.78, 5) is 2.57. The third-order valence-corrected chi connectivity index (χ3v) is 4.35. The van der Waals surface area contributed by atoms with E-state index in [1.165, 1.54) is 50.9 Å². The maximum Gasteiger partial charge on any atom is 0.0130 e. The van der Waals surface area contributed by atoms with Crippen molar-refractivity contribution in [1.82, 2.24) is 10.2 Å². The number of benzene rings is 1. The van der Waals surface area contributed by atoms with Gasteiger partial charge in [0.15, 0.2) is 0 Å². The molecule has 1 fully saturated rings. The van der Waals surface area contributed by atoms with Crippen LogP contribution in [0.3, 0.4) is 0 Å². The van der Waals surface area contributed by atoms with Gasteiger partial charge in [-0.05, 0) is 57.3 Å². The van der Waals surface area contributed by atoms with E-state index in [1.54, 1.807) is 0 Å². The highest BCUT2D eigenvalue weighted by atomic mass is 15.1. The zero-order chi connectivity index (χ0) is 13.5. The minimum Gasteiger partial charge on any atom is -0.316 e. The monoisotopic (exact) mass is 260 g/mol. The summed E-state index contributed by atoms with van der Waals surface area (Å²) in [5.74, 6) is 0.837. The molecule has 1 aromatic carbocycles. The summed E-state index contributed by atoms with van der Waals surface area (Å²) in [6, 6.07) is 11.6. The largest absolute Gasteiger partial charge is 0.316 e. The summed E-state index contributed by atoms with van der Waals surface area (Å²) >= 11 is 0. The van der Waals surface area contributed by atoms with Gasteiger partial charge in [0.25, 0.3) is 0 Å². The van der Waals surface area contributed by atoms with Gasteiger partial charge in [0.1, 0.15) is 0 Å². The topological polar surface area (TPSA) is 15.3 Å². The number of piperidine rings is 1. The first kappa shape index (κ1) is 14.5. The lowest BCUT2D eigenvalue weighted by Crippen LogP contribution is -2.41. The van der Waals surface area contributed by atoms with E-state index in [0.717, 1.165) is 5.92 Å². The molecule has 2 nitrogen and oxygen atoms in total. The first-order valence-electron chi connectivity index (χ1n) is 7.74. The van der Waals surface area contributed by atoms with Gasteiger partial charge in [-0.2, -0.15) is 0 Å². The van der Waals surface area contributed by atoms with Gasteiger partial charge in [-0.25, -0.2) is 0 Å². The molecule has 1 aliphatic rings. The molecule has 0 amide bonds. The molecule has 1 N–H and O–H groups in total. The van der Waals surface area contributed by atoms with Crippen LogP contribution >= 0.6 is 0 Å². The lowest BCUT2D eigenvalue weighted by molar-refractivity contribution is 0.183. The van der Waals surface area contributed by atoms with Crippen molar-refractivity contribution in [1.29, 1.82) is 0 Å². The zero-order valence-corrected chi connectivity index (χ0v) is 12.4. The van der Waals surface area contributed by atoms with E-state index >= 15 is 0 Å². The fourth-order valence-electron chi connectivity index (χ4n) is 3.13. The fourth-order valence-corrected chi connectivity index (χ4v) is 3.13.